The van der Waals surface area contributed by atoms with Crippen LogP contribution in [0.25, 0.3) is 85.9 Å². The van der Waals surface area contributed by atoms with Crippen molar-refractivity contribution in [2.75, 3.05) is 0 Å². The van der Waals surface area contributed by atoms with Gasteiger partial charge in [-0.25, -0.2) is 0 Å². The second-order valence-electron chi connectivity index (χ2n) is 12.3. The van der Waals surface area contributed by atoms with E-state index in [0.29, 0.717) is 5.92 Å². The minimum Gasteiger partial charge on any atom is -0.135 e. The van der Waals surface area contributed by atoms with Crippen LogP contribution in [0.2, 0.25) is 0 Å². The summed E-state index contributed by atoms with van der Waals surface area (Å²) in [6.45, 7) is 4.52. The monoisotopic (exact) mass is 578 g/mol. The number of thiophene rings is 1. The number of rotatable bonds is 4. The smallest absolute Gasteiger partial charge is 0.0433 e. The van der Waals surface area contributed by atoms with Crippen LogP contribution in [0.1, 0.15) is 25.3 Å². The fourth-order valence-corrected chi connectivity index (χ4v) is 8.40. The number of hydrogen-bond donors (Lipinski definition) is 0. The summed E-state index contributed by atoms with van der Waals surface area (Å²) in [5, 5.41) is 10.6. The zero-order chi connectivity index (χ0) is 29.4. The van der Waals surface area contributed by atoms with Crippen LogP contribution < -0.4 is 0 Å². The molecule has 44 heavy (non-hydrogen) atoms. The molecular weight excluding hydrogens is 549 g/mol. The van der Waals surface area contributed by atoms with Crippen LogP contribution in [-0.2, 0) is 0 Å². The highest BCUT2D eigenvalue weighted by molar-refractivity contribution is 7.26. The first-order valence-electron chi connectivity index (χ1n) is 15.5. The summed E-state index contributed by atoms with van der Waals surface area (Å²) in [6.07, 6.45) is 0. The van der Waals surface area contributed by atoms with Crippen molar-refractivity contribution in [1.29, 1.82) is 0 Å². The van der Waals surface area contributed by atoms with Crippen LogP contribution in [0.3, 0.4) is 0 Å². The predicted octanol–water partition coefficient (Wildman–Crippen LogP) is 13.1. The van der Waals surface area contributed by atoms with Gasteiger partial charge in [0.05, 0.1) is 0 Å². The minimum absolute atomic E-state index is 0.512. The first-order valence-corrected chi connectivity index (χ1v) is 16.3. The zero-order valence-corrected chi connectivity index (χ0v) is 25.6. The number of fused-ring (bicyclic) bond motifs is 3. The molecule has 9 rings (SSSR count). The minimum atomic E-state index is 0.512. The van der Waals surface area contributed by atoms with Crippen LogP contribution in [0.4, 0.5) is 0 Å². The molecule has 1 aromatic heterocycles. The van der Waals surface area contributed by atoms with Gasteiger partial charge in [-0.3, -0.25) is 0 Å². The average molecular weight is 579 g/mol. The lowest BCUT2D eigenvalue weighted by atomic mass is 9.85. The third kappa shape index (κ3) is 3.83. The van der Waals surface area contributed by atoms with Crippen molar-refractivity contribution in [1.82, 2.24) is 0 Å². The first kappa shape index (κ1) is 25.5. The molecule has 0 radical (unpaired) electrons. The molecule has 0 fully saturated rings. The van der Waals surface area contributed by atoms with Crippen molar-refractivity contribution in [3.05, 3.63) is 145 Å². The van der Waals surface area contributed by atoms with E-state index in [1.165, 1.54) is 91.4 Å². The van der Waals surface area contributed by atoms with Crippen LogP contribution in [0, 0.1) is 0 Å². The molecule has 208 valence electrons. The summed E-state index contributed by atoms with van der Waals surface area (Å²) in [6, 6.07) is 52.2. The first-order chi connectivity index (χ1) is 21.6. The molecule has 9 aromatic rings. The third-order valence-electron chi connectivity index (χ3n) is 9.45. The molecule has 0 saturated heterocycles. The predicted molar refractivity (Wildman–Crippen MR) is 193 cm³/mol. The maximum absolute atomic E-state index is 2.42. The van der Waals surface area contributed by atoms with Crippen LogP contribution in [-0.4, -0.2) is 0 Å². The Morgan fingerprint density at radius 3 is 1.66 bits per heavy atom. The molecule has 0 N–H and O–H groups in total. The summed E-state index contributed by atoms with van der Waals surface area (Å²) in [5.74, 6) is 0.512. The fraction of sp³-hybridized carbons (Fsp3) is 0.0698. The molecule has 8 aromatic carbocycles. The van der Waals surface area contributed by atoms with Crippen molar-refractivity contribution in [2.45, 2.75) is 19.8 Å². The van der Waals surface area contributed by atoms with E-state index in [2.05, 4.69) is 153 Å². The van der Waals surface area contributed by atoms with Gasteiger partial charge in [-0.05, 0) is 89.3 Å². The Balaban J connectivity index is 1.26. The highest BCUT2D eigenvalue weighted by Crippen LogP contribution is 2.45. The molecule has 0 aliphatic carbocycles. The van der Waals surface area contributed by atoms with Gasteiger partial charge in [0.1, 0.15) is 0 Å². The van der Waals surface area contributed by atoms with Crippen LogP contribution in [0.5, 0.6) is 0 Å². The average Bonchev–Trinajstić information content (AvgIpc) is 3.46. The highest BCUT2D eigenvalue weighted by Gasteiger charge is 2.17. The molecule has 0 saturated carbocycles. The second kappa shape index (κ2) is 9.77. The third-order valence-corrected chi connectivity index (χ3v) is 10.7. The maximum atomic E-state index is 2.42. The van der Waals surface area contributed by atoms with Crippen LogP contribution >= 0.6 is 11.3 Å². The number of benzene rings is 8. The van der Waals surface area contributed by atoms with Gasteiger partial charge >= 0.3 is 0 Å². The fourth-order valence-electron chi connectivity index (χ4n) is 7.16. The summed E-state index contributed by atoms with van der Waals surface area (Å²) >= 11 is 1.89. The van der Waals surface area contributed by atoms with Crippen molar-refractivity contribution < 1.29 is 0 Å². The molecule has 0 atom stereocenters. The molecular formula is C43H30S. The van der Waals surface area contributed by atoms with Gasteiger partial charge in [0, 0.05) is 20.2 Å². The molecule has 0 bridgehead atoms. The second-order valence-corrected chi connectivity index (χ2v) is 13.3. The quantitative estimate of drug-likeness (QED) is 0.182. The largest absolute Gasteiger partial charge is 0.135 e. The molecule has 0 aliphatic rings. The molecule has 0 unspecified atom stereocenters. The van der Waals surface area contributed by atoms with E-state index in [1.807, 2.05) is 11.3 Å². The van der Waals surface area contributed by atoms with E-state index >= 15 is 0 Å². The lowest BCUT2D eigenvalue weighted by Gasteiger charge is -2.18. The highest BCUT2D eigenvalue weighted by atomic mass is 32.1. The van der Waals surface area contributed by atoms with E-state index in [1.54, 1.807) is 0 Å². The van der Waals surface area contributed by atoms with Gasteiger partial charge < -0.3 is 0 Å². The van der Waals surface area contributed by atoms with E-state index in [0.717, 1.165) is 0 Å². The van der Waals surface area contributed by atoms with Gasteiger partial charge in [-0.2, -0.15) is 0 Å². The molecule has 0 spiro atoms. The molecule has 0 nitrogen and oxygen atoms in total. The SMILES string of the molecule is CC(C)c1ccc(-c2cc(-c3ccc(-c4cccc5c4sc4ccccc45)cc3)c3ccc4cccc5ccc2c3c45)cc1. The lowest BCUT2D eigenvalue weighted by molar-refractivity contribution is 0.867. The normalized spacial score (nSPS) is 12.1. The van der Waals surface area contributed by atoms with Crippen molar-refractivity contribution >= 4 is 63.8 Å². The molecule has 0 amide bonds. The maximum Gasteiger partial charge on any atom is 0.0433 e. The molecule has 1 heteroatoms. The Hall–Kier alpha value is -4.98. The van der Waals surface area contributed by atoms with Crippen molar-refractivity contribution in [3.63, 3.8) is 0 Å². The summed E-state index contributed by atoms with van der Waals surface area (Å²) < 4.78 is 2.70. The van der Waals surface area contributed by atoms with E-state index in [4.69, 9.17) is 0 Å². The Labute approximate surface area is 261 Å². The van der Waals surface area contributed by atoms with E-state index in [-0.39, 0.29) is 0 Å². The zero-order valence-electron chi connectivity index (χ0n) is 24.8. The van der Waals surface area contributed by atoms with Gasteiger partial charge in [-0.15, -0.1) is 11.3 Å². The Bertz CT molecular complexity index is 2480. The number of hydrogen-bond acceptors (Lipinski definition) is 1. The van der Waals surface area contributed by atoms with Crippen molar-refractivity contribution in [3.8, 4) is 33.4 Å². The van der Waals surface area contributed by atoms with E-state index < -0.39 is 0 Å². The standard InChI is InChI=1S/C43H30S/c1-26(2)27-13-15-29(16-14-27)38-25-39(36-24-22-32-8-5-7-31-21-23-35(38)42(36)41(31)32)30-19-17-28(18-20-30)33-10-6-11-37-34-9-3-4-12-40(34)44-43(33)37/h3-26H,1-2H3. The van der Waals surface area contributed by atoms with Gasteiger partial charge in [0.15, 0.2) is 0 Å². The van der Waals surface area contributed by atoms with Crippen LogP contribution in [0.15, 0.2) is 140 Å². The molecule has 0 aliphatic heterocycles. The van der Waals surface area contributed by atoms with Gasteiger partial charge in [-0.1, -0.05) is 141 Å². The summed E-state index contributed by atoms with van der Waals surface area (Å²) in [7, 11) is 0. The van der Waals surface area contributed by atoms with Crippen molar-refractivity contribution in [2.24, 2.45) is 0 Å². The Morgan fingerprint density at radius 1 is 0.432 bits per heavy atom. The molecule has 1 heterocycles. The lowest BCUT2D eigenvalue weighted by Crippen LogP contribution is -1.92. The Morgan fingerprint density at radius 2 is 1.00 bits per heavy atom. The Kier molecular flexibility index (Phi) is 5.67. The summed E-state index contributed by atoms with van der Waals surface area (Å²) in [4.78, 5) is 0. The summed E-state index contributed by atoms with van der Waals surface area (Å²) in [5.41, 5.74) is 9.02. The van der Waals surface area contributed by atoms with Gasteiger partial charge in [0.25, 0.3) is 0 Å². The van der Waals surface area contributed by atoms with E-state index in [9.17, 15) is 0 Å². The van der Waals surface area contributed by atoms with Gasteiger partial charge in [0.2, 0.25) is 0 Å². The topological polar surface area (TPSA) is 0 Å².